The number of benzene rings is 1. The highest BCUT2D eigenvalue weighted by atomic mass is 16.6. The number of nitrogens with one attached hydrogen (secondary N) is 2. The standard InChI is InChI=1S/C28H39N5O6/c1-16(2)24(32-27(38)39-28(4,5)6)26(37)33-13-20(35)11-23(33)25(36)31-22(14-34)19-9-7-18(8-10-19)21-12-29-15-30-17(21)3/h7-10,12,15-16,20,22-24,34-35H,11,13-14H2,1-6H3,(H,31,36)(H,32,38)/t20-,22+,23+,24+/m1/s1. The first-order valence-corrected chi connectivity index (χ1v) is 13.1. The predicted octanol–water partition coefficient (Wildman–Crippen LogP) is 2.11. The molecular weight excluding hydrogens is 502 g/mol. The molecule has 212 valence electrons. The molecule has 0 bridgehead atoms. The van der Waals surface area contributed by atoms with Gasteiger partial charge >= 0.3 is 6.09 Å². The van der Waals surface area contributed by atoms with E-state index in [9.17, 15) is 24.6 Å². The van der Waals surface area contributed by atoms with Gasteiger partial charge in [0.15, 0.2) is 0 Å². The van der Waals surface area contributed by atoms with Crippen LogP contribution < -0.4 is 10.6 Å². The molecule has 3 amide bonds. The number of carbonyl (C=O) groups excluding carboxylic acids is 3. The van der Waals surface area contributed by atoms with Crippen LogP contribution in [0.5, 0.6) is 0 Å². The summed E-state index contributed by atoms with van der Waals surface area (Å²) < 4.78 is 5.30. The molecule has 0 saturated carbocycles. The second kappa shape index (κ2) is 12.5. The number of ether oxygens (including phenoxy) is 1. The third kappa shape index (κ3) is 7.73. The van der Waals surface area contributed by atoms with E-state index in [1.54, 1.807) is 52.9 Å². The normalized spacial score (nSPS) is 18.9. The Morgan fingerprint density at radius 3 is 2.38 bits per heavy atom. The number of rotatable bonds is 8. The molecule has 1 aromatic heterocycles. The fraction of sp³-hybridized carbons (Fsp3) is 0.536. The van der Waals surface area contributed by atoms with Gasteiger partial charge in [0, 0.05) is 30.4 Å². The highest BCUT2D eigenvalue weighted by Gasteiger charge is 2.43. The lowest BCUT2D eigenvalue weighted by molar-refractivity contribution is -0.141. The van der Waals surface area contributed by atoms with Crippen molar-refractivity contribution < 1.29 is 29.3 Å². The van der Waals surface area contributed by atoms with Crippen LogP contribution in [0, 0.1) is 12.8 Å². The van der Waals surface area contributed by atoms with E-state index >= 15 is 0 Å². The molecule has 11 nitrogen and oxygen atoms in total. The minimum Gasteiger partial charge on any atom is -0.444 e. The Bertz CT molecular complexity index is 1160. The van der Waals surface area contributed by atoms with Gasteiger partial charge in [-0.2, -0.15) is 0 Å². The number of carbonyl (C=O) groups is 3. The van der Waals surface area contributed by atoms with Crippen LogP contribution in [0.3, 0.4) is 0 Å². The van der Waals surface area contributed by atoms with Crippen molar-refractivity contribution in [3.63, 3.8) is 0 Å². The van der Waals surface area contributed by atoms with Crippen molar-refractivity contribution in [2.75, 3.05) is 13.2 Å². The van der Waals surface area contributed by atoms with Crippen molar-refractivity contribution in [2.45, 2.75) is 77.8 Å². The zero-order chi connectivity index (χ0) is 28.9. The van der Waals surface area contributed by atoms with E-state index < -0.39 is 47.7 Å². The Labute approximate surface area is 229 Å². The number of aryl methyl sites for hydroxylation is 1. The minimum absolute atomic E-state index is 0.0409. The van der Waals surface area contributed by atoms with Crippen molar-refractivity contribution in [3.8, 4) is 11.1 Å². The molecule has 1 aliphatic heterocycles. The van der Waals surface area contributed by atoms with Gasteiger partial charge in [0.05, 0.1) is 18.8 Å². The first-order chi connectivity index (χ1) is 18.3. The molecule has 0 spiro atoms. The third-order valence-corrected chi connectivity index (χ3v) is 6.50. The Balaban J connectivity index is 1.74. The highest BCUT2D eigenvalue weighted by molar-refractivity contribution is 5.92. The molecule has 4 N–H and O–H groups in total. The second-order valence-corrected chi connectivity index (χ2v) is 11.2. The third-order valence-electron chi connectivity index (χ3n) is 6.50. The zero-order valence-electron chi connectivity index (χ0n) is 23.3. The van der Waals surface area contributed by atoms with E-state index in [4.69, 9.17) is 4.74 Å². The largest absolute Gasteiger partial charge is 0.444 e. The van der Waals surface area contributed by atoms with Gasteiger partial charge in [-0.3, -0.25) is 9.59 Å². The molecule has 2 heterocycles. The lowest BCUT2D eigenvalue weighted by atomic mass is 10.0. The van der Waals surface area contributed by atoms with Crippen molar-refractivity contribution in [1.29, 1.82) is 0 Å². The lowest BCUT2D eigenvalue weighted by Crippen LogP contribution is -2.56. The van der Waals surface area contributed by atoms with E-state index in [0.717, 1.165) is 16.8 Å². The summed E-state index contributed by atoms with van der Waals surface area (Å²) in [6.45, 7) is 10.2. The summed E-state index contributed by atoms with van der Waals surface area (Å²) >= 11 is 0. The maximum atomic E-state index is 13.5. The molecule has 4 atom stereocenters. The van der Waals surface area contributed by atoms with E-state index in [1.807, 2.05) is 19.1 Å². The van der Waals surface area contributed by atoms with Crippen LogP contribution in [0.15, 0.2) is 36.8 Å². The Morgan fingerprint density at radius 2 is 1.82 bits per heavy atom. The van der Waals surface area contributed by atoms with Crippen LogP contribution in [0.25, 0.3) is 11.1 Å². The number of aliphatic hydroxyl groups is 2. The Kier molecular flexibility index (Phi) is 9.63. The monoisotopic (exact) mass is 541 g/mol. The van der Waals surface area contributed by atoms with Crippen LogP contribution in [-0.2, 0) is 14.3 Å². The van der Waals surface area contributed by atoms with Crippen LogP contribution in [0.2, 0.25) is 0 Å². The molecule has 1 fully saturated rings. The number of alkyl carbamates (subject to hydrolysis) is 1. The number of aromatic nitrogens is 2. The highest BCUT2D eigenvalue weighted by Crippen LogP contribution is 2.25. The number of hydrogen-bond donors (Lipinski definition) is 4. The second-order valence-electron chi connectivity index (χ2n) is 11.2. The molecular formula is C28H39N5O6. The number of amides is 3. The fourth-order valence-corrected chi connectivity index (χ4v) is 4.50. The summed E-state index contributed by atoms with van der Waals surface area (Å²) in [6, 6.07) is 4.68. The average molecular weight is 542 g/mol. The molecule has 3 rings (SSSR count). The molecule has 0 aliphatic carbocycles. The van der Waals surface area contributed by atoms with Crippen molar-refractivity contribution >= 4 is 17.9 Å². The molecule has 1 aliphatic rings. The van der Waals surface area contributed by atoms with Gasteiger partial charge in [-0.05, 0) is 44.7 Å². The number of likely N-dealkylation sites (tertiary alicyclic amines) is 1. The summed E-state index contributed by atoms with van der Waals surface area (Å²) in [7, 11) is 0. The number of hydrogen-bond acceptors (Lipinski definition) is 8. The van der Waals surface area contributed by atoms with Crippen LogP contribution in [0.1, 0.15) is 58.3 Å². The van der Waals surface area contributed by atoms with Crippen molar-refractivity contribution in [3.05, 3.63) is 48.0 Å². The Morgan fingerprint density at radius 1 is 1.15 bits per heavy atom. The number of aliphatic hydroxyl groups excluding tert-OH is 2. The first kappa shape index (κ1) is 30.0. The van der Waals surface area contributed by atoms with Gasteiger partial charge < -0.3 is 30.5 Å². The fourth-order valence-electron chi connectivity index (χ4n) is 4.50. The van der Waals surface area contributed by atoms with Crippen LogP contribution >= 0.6 is 0 Å². The van der Waals surface area contributed by atoms with Crippen LogP contribution in [0.4, 0.5) is 4.79 Å². The quantitative estimate of drug-likeness (QED) is 0.396. The molecule has 1 saturated heterocycles. The predicted molar refractivity (Wildman–Crippen MR) is 144 cm³/mol. The van der Waals surface area contributed by atoms with Crippen LogP contribution in [-0.4, -0.2) is 79.9 Å². The van der Waals surface area contributed by atoms with Gasteiger partial charge in [-0.15, -0.1) is 0 Å². The summed E-state index contributed by atoms with van der Waals surface area (Å²) in [5.41, 5.74) is 2.53. The SMILES string of the molecule is Cc1ncncc1-c1ccc([C@H](CO)NC(=O)[C@@H]2C[C@@H](O)CN2C(=O)[C@@H](NC(=O)OC(C)(C)C)C(C)C)cc1. The topological polar surface area (TPSA) is 154 Å². The summed E-state index contributed by atoms with van der Waals surface area (Å²) in [4.78, 5) is 48.7. The molecule has 11 heteroatoms. The van der Waals surface area contributed by atoms with Gasteiger partial charge in [0.2, 0.25) is 11.8 Å². The zero-order valence-corrected chi connectivity index (χ0v) is 23.3. The average Bonchev–Trinajstić information content (AvgIpc) is 3.26. The summed E-state index contributed by atoms with van der Waals surface area (Å²) in [5.74, 6) is -1.29. The molecule has 0 unspecified atom stereocenters. The van der Waals surface area contributed by atoms with Gasteiger partial charge in [0.1, 0.15) is 24.0 Å². The van der Waals surface area contributed by atoms with Gasteiger partial charge in [-0.25, -0.2) is 14.8 Å². The van der Waals surface area contributed by atoms with E-state index in [2.05, 4.69) is 20.6 Å². The molecule has 0 radical (unpaired) electrons. The maximum absolute atomic E-state index is 13.5. The smallest absolute Gasteiger partial charge is 0.408 e. The maximum Gasteiger partial charge on any atom is 0.408 e. The summed E-state index contributed by atoms with van der Waals surface area (Å²) in [5, 5.41) is 25.8. The van der Waals surface area contributed by atoms with E-state index in [1.165, 1.54) is 11.2 Å². The van der Waals surface area contributed by atoms with Crippen molar-refractivity contribution in [2.24, 2.45) is 5.92 Å². The number of β-amino-alcohol motifs (C(OH)–C–C–N with tert-alkyl or cyclic N) is 1. The van der Waals surface area contributed by atoms with E-state index in [0.29, 0.717) is 5.56 Å². The number of nitrogens with zero attached hydrogens (tertiary/aromatic N) is 3. The minimum atomic E-state index is -0.966. The van der Waals surface area contributed by atoms with Crippen molar-refractivity contribution in [1.82, 2.24) is 25.5 Å². The molecule has 1 aromatic carbocycles. The molecule has 2 aromatic rings. The van der Waals surface area contributed by atoms with Gasteiger partial charge in [0.25, 0.3) is 0 Å². The van der Waals surface area contributed by atoms with Gasteiger partial charge in [-0.1, -0.05) is 38.1 Å². The lowest BCUT2D eigenvalue weighted by Gasteiger charge is -2.31. The first-order valence-electron chi connectivity index (χ1n) is 13.1. The Hall–Kier alpha value is -3.57. The summed E-state index contributed by atoms with van der Waals surface area (Å²) in [6.07, 6.45) is 1.61. The molecule has 39 heavy (non-hydrogen) atoms. The van der Waals surface area contributed by atoms with E-state index in [-0.39, 0.29) is 25.5 Å².